The van der Waals surface area contributed by atoms with E-state index in [0.717, 1.165) is 17.0 Å². The standard InChI is InChI=1S/C32H32N4O7S/c1-19-13-20(2)34-32(33-19)44-17-29(38)36(16-21-5-9-24(40-3)10-6-21)30(22-7-11-25(37)27(14-22)41-4)31(39)35-23-8-12-26-28(15-23)43-18-42-26/h5-15,30,37H,16-18H2,1-4H3,(H,35,39). The Labute approximate surface area is 259 Å². The molecule has 1 aliphatic heterocycles. The fourth-order valence-corrected chi connectivity index (χ4v) is 5.58. The van der Waals surface area contributed by atoms with E-state index in [1.54, 1.807) is 49.6 Å². The third-order valence-corrected chi connectivity index (χ3v) is 7.67. The first-order chi connectivity index (χ1) is 21.2. The maximum atomic E-state index is 14.2. The van der Waals surface area contributed by atoms with E-state index in [9.17, 15) is 14.7 Å². The zero-order chi connectivity index (χ0) is 31.2. The molecule has 11 nitrogen and oxygen atoms in total. The number of anilines is 1. The number of carbonyl (C=O) groups excluding carboxylic acids is 2. The number of benzene rings is 3. The Hall–Kier alpha value is -4.97. The zero-order valence-corrected chi connectivity index (χ0v) is 25.5. The summed E-state index contributed by atoms with van der Waals surface area (Å²) in [4.78, 5) is 38.6. The van der Waals surface area contributed by atoms with Gasteiger partial charge in [0.15, 0.2) is 28.2 Å². The maximum absolute atomic E-state index is 14.2. The number of phenolic OH excluding ortho intramolecular Hbond substituents is 1. The van der Waals surface area contributed by atoms with Gasteiger partial charge < -0.3 is 34.3 Å². The lowest BCUT2D eigenvalue weighted by atomic mass is 10.0. The van der Waals surface area contributed by atoms with Gasteiger partial charge in [0, 0.05) is 29.7 Å². The van der Waals surface area contributed by atoms with E-state index in [1.165, 1.54) is 29.8 Å². The largest absolute Gasteiger partial charge is 0.504 e. The second kappa shape index (κ2) is 13.6. The van der Waals surface area contributed by atoms with Gasteiger partial charge in [0.25, 0.3) is 5.91 Å². The van der Waals surface area contributed by atoms with Crippen molar-refractivity contribution in [3.05, 3.63) is 89.2 Å². The molecule has 0 aliphatic carbocycles. The van der Waals surface area contributed by atoms with Gasteiger partial charge in [0.2, 0.25) is 12.7 Å². The van der Waals surface area contributed by atoms with Crippen molar-refractivity contribution in [1.29, 1.82) is 0 Å². The minimum Gasteiger partial charge on any atom is -0.504 e. The summed E-state index contributed by atoms with van der Waals surface area (Å²) in [6, 6.07) is 17.6. The van der Waals surface area contributed by atoms with Crippen LogP contribution in [0, 0.1) is 13.8 Å². The highest BCUT2D eigenvalue weighted by atomic mass is 32.2. The van der Waals surface area contributed by atoms with Crippen LogP contribution >= 0.6 is 11.8 Å². The minimum atomic E-state index is -1.12. The molecule has 228 valence electrons. The molecule has 0 radical (unpaired) electrons. The van der Waals surface area contributed by atoms with Crippen LogP contribution in [0.15, 0.2) is 71.9 Å². The molecule has 1 aliphatic rings. The molecule has 44 heavy (non-hydrogen) atoms. The molecule has 4 aromatic rings. The summed E-state index contributed by atoms with van der Waals surface area (Å²) in [5, 5.41) is 13.7. The molecule has 0 bridgehead atoms. The van der Waals surface area contributed by atoms with E-state index >= 15 is 0 Å². The first-order valence-electron chi connectivity index (χ1n) is 13.7. The summed E-state index contributed by atoms with van der Waals surface area (Å²) < 4.78 is 21.5. The van der Waals surface area contributed by atoms with E-state index in [0.29, 0.717) is 33.7 Å². The monoisotopic (exact) mass is 616 g/mol. The van der Waals surface area contributed by atoms with Gasteiger partial charge >= 0.3 is 0 Å². The predicted octanol–water partition coefficient (Wildman–Crippen LogP) is 5.05. The Kier molecular flexibility index (Phi) is 9.39. The van der Waals surface area contributed by atoms with E-state index in [-0.39, 0.29) is 36.5 Å². The number of aromatic hydroxyl groups is 1. The quantitative estimate of drug-likeness (QED) is 0.174. The average Bonchev–Trinajstić information content (AvgIpc) is 3.48. The predicted molar refractivity (Wildman–Crippen MR) is 164 cm³/mol. The van der Waals surface area contributed by atoms with Crippen molar-refractivity contribution in [3.8, 4) is 28.7 Å². The summed E-state index contributed by atoms with van der Waals surface area (Å²) >= 11 is 1.19. The number of methoxy groups -OCH3 is 2. The molecule has 1 aromatic heterocycles. The zero-order valence-electron chi connectivity index (χ0n) is 24.7. The molecule has 2 heterocycles. The molecule has 1 unspecified atom stereocenters. The van der Waals surface area contributed by atoms with Crippen molar-refractivity contribution in [1.82, 2.24) is 14.9 Å². The number of ether oxygens (including phenoxy) is 4. The SMILES string of the molecule is COc1ccc(CN(C(=O)CSc2nc(C)cc(C)n2)C(C(=O)Nc2ccc3c(c2)OCO3)c2ccc(O)c(OC)c2)cc1. The third kappa shape index (κ3) is 7.14. The fraction of sp³-hybridized carbons (Fsp3) is 0.250. The first kappa shape index (κ1) is 30.5. The molecule has 0 saturated carbocycles. The Morgan fingerprint density at radius 2 is 1.68 bits per heavy atom. The number of nitrogens with zero attached hydrogens (tertiary/aromatic N) is 3. The molecule has 2 N–H and O–H groups in total. The van der Waals surface area contributed by atoms with E-state index in [4.69, 9.17) is 18.9 Å². The summed E-state index contributed by atoms with van der Waals surface area (Å²) in [5.74, 6) is 0.973. The van der Waals surface area contributed by atoms with Crippen LogP contribution in [0.1, 0.15) is 28.6 Å². The lowest BCUT2D eigenvalue weighted by Gasteiger charge is -2.32. The number of aryl methyl sites for hydroxylation is 2. The molecule has 2 amide bonds. The van der Waals surface area contributed by atoms with Gasteiger partial charge in [-0.3, -0.25) is 9.59 Å². The highest BCUT2D eigenvalue weighted by Crippen LogP contribution is 2.36. The molecule has 5 rings (SSSR count). The van der Waals surface area contributed by atoms with Crippen LogP contribution in [0.5, 0.6) is 28.7 Å². The maximum Gasteiger partial charge on any atom is 0.251 e. The van der Waals surface area contributed by atoms with Crippen LogP contribution in [0.2, 0.25) is 0 Å². The molecule has 1 atom stereocenters. The summed E-state index contributed by atoms with van der Waals surface area (Å²) in [6.45, 7) is 3.92. The lowest BCUT2D eigenvalue weighted by Crippen LogP contribution is -2.41. The molecule has 0 spiro atoms. The molecular formula is C32H32N4O7S. The van der Waals surface area contributed by atoms with Gasteiger partial charge in [0.05, 0.1) is 20.0 Å². The Morgan fingerprint density at radius 3 is 2.39 bits per heavy atom. The number of aromatic nitrogens is 2. The number of hydrogen-bond acceptors (Lipinski definition) is 10. The van der Waals surface area contributed by atoms with Crippen LogP contribution in [0.3, 0.4) is 0 Å². The van der Waals surface area contributed by atoms with Crippen LogP contribution < -0.4 is 24.3 Å². The first-order valence-corrected chi connectivity index (χ1v) is 14.7. The molecule has 0 fully saturated rings. The van der Waals surface area contributed by atoms with Gasteiger partial charge in [-0.25, -0.2) is 9.97 Å². The van der Waals surface area contributed by atoms with Gasteiger partial charge in [-0.05, 0) is 67.4 Å². The smallest absolute Gasteiger partial charge is 0.251 e. The van der Waals surface area contributed by atoms with Gasteiger partial charge in [0.1, 0.15) is 11.8 Å². The summed E-state index contributed by atoms with van der Waals surface area (Å²) in [5.41, 5.74) is 3.26. The van der Waals surface area contributed by atoms with Crippen LogP contribution in [0.25, 0.3) is 0 Å². The van der Waals surface area contributed by atoms with Crippen molar-refractivity contribution in [3.63, 3.8) is 0 Å². The molecule has 3 aromatic carbocycles. The normalized spacial score (nSPS) is 12.4. The Morgan fingerprint density at radius 1 is 0.955 bits per heavy atom. The number of carbonyl (C=O) groups is 2. The fourth-order valence-electron chi connectivity index (χ4n) is 4.74. The molecule has 12 heteroatoms. The van der Waals surface area contributed by atoms with Gasteiger partial charge in [-0.1, -0.05) is 30.0 Å². The van der Waals surface area contributed by atoms with E-state index in [1.807, 2.05) is 32.0 Å². The van der Waals surface area contributed by atoms with Crippen LogP contribution in [0.4, 0.5) is 5.69 Å². The van der Waals surface area contributed by atoms with Crippen LogP contribution in [-0.4, -0.2) is 58.6 Å². The van der Waals surface area contributed by atoms with Crippen molar-refractivity contribution in [2.45, 2.75) is 31.6 Å². The second-order valence-electron chi connectivity index (χ2n) is 9.98. The van der Waals surface area contributed by atoms with Crippen LogP contribution in [-0.2, 0) is 16.1 Å². The number of fused-ring (bicyclic) bond motifs is 1. The number of thioether (sulfide) groups is 1. The highest BCUT2D eigenvalue weighted by Gasteiger charge is 2.33. The topological polar surface area (TPSA) is 132 Å². The Balaban J connectivity index is 1.52. The number of nitrogens with one attached hydrogen (secondary N) is 1. The number of phenols is 1. The molecular weight excluding hydrogens is 584 g/mol. The van der Waals surface area contributed by atoms with E-state index in [2.05, 4.69) is 15.3 Å². The molecule has 0 saturated heterocycles. The van der Waals surface area contributed by atoms with Crippen molar-refractivity contribution >= 4 is 29.3 Å². The Bertz CT molecular complexity index is 1650. The van der Waals surface area contributed by atoms with Crippen molar-refractivity contribution < 1.29 is 33.6 Å². The van der Waals surface area contributed by atoms with Crippen molar-refractivity contribution in [2.75, 3.05) is 32.1 Å². The minimum absolute atomic E-state index is 0.0257. The highest BCUT2D eigenvalue weighted by molar-refractivity contribution is 7.99. The van der Waals surface area contributed by atoms with E-state index < -0.39 is 11.9 Å². The number of hydrogen-bond donors (Lipinski definition) is 2. The lowest BCUT2D eigenvalue weighted by molar-refractivity contribution is -0.137. The second-order valence-corrected chi connectivity index (χ2v) is 10.9. The average molecular weight is 617 g/mol. The van der Waals surface area contributed by atoms with Gasteiger partial charge in [-0.15, -0.1) is 0 Å². The number of rotatable bonds is 11. The summed E-state index contributed by atoms with van der Waals surface area (Å²) in [6.07, 6.45) is 0. The third-order valence-electron chi connectivity index (χ3n) is 6.84. The number of amides is 2. The summed E-state index contributed by atoms with van der Waals surface area (Å²) in [7, 11) is 2.99. The van der Waals surface area contributed by atoms with Gasteiger partial charge in [-0.2, -0.15) is 0 Å². The van der Waals surface area contributed by atoms with Crippen molar-refractivity contribution in [2.24, 2.45) is 0 Å².